The zero-order chi connectivity index (χ0) is 22.3. The fraction of sp³-hybridized carbons (Fsp3) is 0.870. The van der Waals surface area contributed by atoms with E-state index in [0.29, 0.717) is 30.6 Å². The number of carbonyl (C=O) groups is 3. The molecule has 6 atom stereocenters. The Kier molecular flexibility index (Phi) is 4.47. The highest BCUT2D eigenvalue weighted by Crippen LogP contribution is 2.63. The maximum atomic E-state index is 14.0. The van der Waals surface area contributed by atoms with Gasteiger partial charge in [-0.05, 0) is 89.9 Å². The van der Waals surface area contributed by atoms with Gasteiger partial charge in [0.25, 0.3) is 0 Å². The number of fused-ring (bicyclic) bond motifs is 1. The van der Waals surface area contributed by atoms with Crippen LogP contribution in [0.4, 0.5) is 4.79 Å². The summed E-state index contributed by atoms with van der Waals surface area (Å²) in [4.78, 5) is 40.5. The SMILES string of the molecule is CC(C)(C)OC(=O)NC(C(=O)N1C(C(N)=O)C[C@@H]2C[C@@H]21)C12CC3CC(CC(O)(C3)C1)C2. The molecular weight excluding hydrogens is 398 g/mol. The molecule has 6 fully saturated rings. The number of hydrogen-bond donors (Lipinski definition) is 3. The molecule has 31 heavy (non-hydrogen) atoms. The van der Waals surface area contributed by atoms with Gasteiger partial charge < -0.3 is 25.8 Å². The Labute approximate surface area is 183 Å². The summed E-state index contributed by atoms with van der Waals surface area (Å²) in [7, 11) is 0. The average Bonchev–Trinajstić information content (AvgIpc) is 3.25. The third kappa shape index (κ3) is 3.60. The van der Waals surface area contributed by atoms with Crippen LogP contribution in [0.3, 0.4) is 0 Å². The first kappa shape index (κ1) is 21.0. The van der Waals surface area contributed by atoms with Crippen molar-refractivity contribution in [2.45, 2.75) is 101 Å². The summed E-state index contributed by atoms with van der Waals surface area (Å²) in [5, 5.41) is 14.1. The molecule has 1 heterocycles. The predicted molar refractivity (Wildman–Crippen MR) is 112 cm³/mol. The zero-order valence-corrected chi connectivity index (χ0v) is 18.7. The number of amides is 3. The fourth-order valence-corrected chi connectivity index (χ4v) is 7.70. The van der Waals surface area contributed by atoms with Crippen molar-refractivity contribution in [3.05, 3.63) is 0 Å². The Morgan fingerprint density at radius 2 is 1.74 bits per heavy atom. The number of nitrogens with zero attached hydrogens (tertiary/aromatic N) is 1. The van der Waals surface area contributed by atoms with Crippen molar-refractivity contribution >= 4 is 17.9 Å². The first-order valence-corrected chi connectivity index (χ1v) is 11.7. The zero-order valence-electron chi connectivity index (χ0n) is 18.7. The van der Waals surface area contributed by atoms with Crippen molar-refractivity contribution in [2.75, 3.05) is 0 Å². The van der Waals surface area contributed by atoms with Crippen molar-refractivity contribution in [3.8, 4) is 0 Å². The van der Waals surface area contributed by atoms with E-state index >= 15 is 0 Å². The molecule has 4 N–H and O–H groups in total. The number of aliphatic hydroxyl groups is 1. The van der Waals surface area contributed by atoms with Crippen molar-refractivity contribution in [2.24, 2.45) is 28.9 Å². The number of nitrogens with two attached hydrogens (primary N) is 1. The summed E-state index contributed by atoms with van der Waals surface area (Å²) in [6, 6.07) is -1.40. The number of primary amides is 1. The average molecular weight is 434 g/mol. The van der Waals surface area contributed by atoms with Crippen LogP contribution < -0.4 is 11.1 Å². The lowest BCUT2D eigenvalue weighted by molar-refractivity contribution is -0.181. The molecule has 0 aromatic rings. The Morgan fingerprint density at radius 1 is 1.10 bits per heavy atom. The van der Waals surface area contributed by atoms with Crippen LogP contribution in [0.1, 0.15) is 72.1 Å². The summed E-state index contributed by atoms with van der Waals surface area (Å²) in [6.45, 7) is 5.36. The molecule has 8 nitrogen and oxygen atoms in total. The minimum atomic E-state index is -0.819. The van der Waals surface area contributed by atoms with Crippen LogP contribution in [0.15, 0.2) is 0 Å². The van der Waals surface area contributed by atoms with Crippen molar-refractivity contribution < 1.29 is 24.2 Å². The lowest BCUT2D eigenvalue weighted by Crippen LogP contribution is -2.67. The van der Waals surface area contributed by atoms with Gasteiger partial charge in [-0.25, -0.2) is 4.79 Å². The van der Waals surface area contributed by atoms with Crippen molar-refractivity contribution in [1.82, 2.24) is 10.2 Å². The van der Waals surface area contributed by atoms with Crippen LogP contribution in [-0.2, 0) is 14.3 Å². The molecule has 5 saturated carbocycles. The number of piperidine rings is 1. The minimum Gasteiger partial charge on any atom is -0.444 e. The minimum absolute atomic E-state index is 0.0323. The van der Waals surface area contributed by atoms with Crippen molar-refractivity contribution in [3.63, 3.8) is 0 Å². The molecule has 3 amide bonds. The van der Waals surface area contributed by atoms with Crippen LogP contribution in [0.5, 0.6) is 0 Å². The van der Waals surface area contributed by atoms with E-state index in [4.69, 9.17) is 10.5 Å². The molecule has 0 radical (unpaired) electrons. The summed E-state index contributed by atoms with van der Waals surface area (Å²) in [5.41, 5.74) is 3.66. The second kappa shape index (κ2) is 6.59. The lowest BCUT2D eigenvalue weighted by atomic mass is 9.46. The first-order chi connectivity index (χ1) is 14.4. The first-order valence-electron chi connectivity index (χ1n) is 11.7. The molecule has 1 aliphatic heterocycles. The smallest absolute Gasteiger partial charge is 0.408 e. The number of likely N-dealkylation sites (tertiary alicyclic amines) is 1. The largest absolute Gasteiger partial charge is 0.444 e. The third-order valence-electron chi connectivity index (χ3n) is 8.28. The van der Waals surface area contributed by atoms with Crippen LogP contribution in [0.2, 0.25) is 0 Å². The van der Waals surface area contributed by atoms with Crippen molar-refractivity contribution in [1.29, 1.82) is 0 Å². The predicted octanol–water partition coefficient (Wildman–Crippen LogP) is 1.69. The molecule has 6 rings (SSSR count). The number of carbonyl (C=O) groups excluding carboxylic acids is 3. The molecule has 0 aromatic carbocycles. The Hall–Kier alpha value is -1.83. The van der Waals surface area contributed by atoms with Crippen LogP contribution in [0, 0.1) is 23.2 Å². The summed E-state index contributed by atoms with van der Waals surface area (Å²) >= 11 is 0. The molecule has 6 aliphatic rings. The molecule has 0 spiro atoms. The summed E-state index contributed by atoms with van der Waals surface area (Å²) in [5.74, 6) is 0.331. The fourth-order valence-electron chi connectivity index (χ4n) is 7.70. The third-order valence-corrected chi connectivity index (χ3v) is 8.28. The van der Waals surface area contributed by atoms with E-state index in [2.05, 4.69) is 5.32 Å². The van der Waals surface area contributed by atoms with Crippen LogP contribution in [-0.4, -0.2) is 57.2 Å². The molecule has 0 aromatic heterocycles. The van der Waals surface area contributed by atoms with E-state index < -0.39 is 40.7 Å². The van der Waals surface area contributed by atoms with E-state index in [1.807, 2.05) is 0 Å². The monoisotopic (exact) mass is 433 g/mol. The van der Waals surface area contributed by atoms with Gasteiger partial charge in [0, 0.05) is 11.5 Å². The molecule has 4 bridgehead atoms. The summed E-state index contributed by atoms with van der Waals surface area (Å²) < 4.78 is 5.51. The Balaban J connectivity index is 1.47. The quantitative estimate of drug-likeness (QED) is 0.623. The van der Waals surface area contributed by atoms with Crippen LogP contribution >= 0.6 is 0 Å². The highest BCUT2D eigenvalue weighted by Gasteiger charge is 2.64. The number of rotatable bonds is 4. The van der Waals surface area contributed by atoms with Gasteiger partial charge in [0.15, 0.2) is 0 Å². The van der Waals surface area contributed by atoms with E-state index in [-0.39, 0.29) is 11.9 Å². The van der Waals surface area contributed by atoms with Gasteiger partial charge in [-0.15, -0.1) is 0 Å². The number of hydrogen-bond acceptors (Lipinski definition) is 5. The van der Waals surface area contributed by atoms with E-state index in [0.717, 1.165) is 38.5 Å². The molecule has 5 aliphatic carbocycles. The maximum absolute atomic E-state index is 14.0. The Bertz CT molecular complexity index is 807. The van der Waals surface area contributed by atoms with Gasteiger partial charge in [-0.3, -0.25) is 9.59 Å². The maximum Gasteiger partial charge on any atom is 0.408 e. The standard InChI is InChI=1S/C23H35N3O5/c1-21(2,3)31-20(29)25-17(19(28)26-15-5-14(15)6-16(26)18(24)27)22-7-12-4-13(8-22)10-23(30,9-12)11-22/h12-17,30H,4-11H2,1-3H3,(H2,24,27)(H,25,29)/t12?,13?,14-,15-,16?,17?,22?,23?/m0/s1. The van der Waals surface area contributed by atoms with E-state index in [1.54, 1.807) is 25.7 Å². The van der Waals surface area contributed by atoms with Gasteiger partial charge >= 0.3 is 6.09 Å². The number of alkyl carbamates (subject to hydrolysis) is 1. The van der Waals surface area contributed by atoms with E-state index in [9.17, 15) is 19.5 Å². The lowest BCUT2D eigenvalue weighted by Gasteiger charge is -2.62. The second-order valence-electron chi connectivity index (χ2n) is 12.1. The molecular formula is C23H35N3O5. The highest BCUT2D eigenvalue weighted by atomic mass is 16.6. The topological polar surface area (TPSA) is 122 Å². The van der Waals surface area contributed by atoms with Gasteiger partial charge in [-0.2, -0.15) is 0 Å². The van der Waals surface area contributed by atoms with Gasteiger partial charge in [-0.1, -0.05) is 0 Å². The van der Waals surface area contributed by atoms with Gasteiger partial charge in [0.05, 0.1) is 5.60 Å². The number of nitrogens with one attached hydrogen (secondary N) is 1. The Morgan fingerprint density at radius 3 is 2.29 bits per heavy atom. The molecule has 4 unspecified atom stereocenters. The van der Waals surface area contributed by atoms with Gasteiger partial charge in [0.2, 0.25) is 11.8 Å². The summed E-state index contributed by atoms with van der Waals surface area (Å²) in [6.07, 6.45) is 5.61. The molecule has 8 heteroatoms. The molecule has 1 saturated heterocycles. The highest BCUT2D eigenvalue weighted by molar-refractivity contribution is 5.92. The van der Waals surface area contributed by atoms with Crippen LogP contribution in [0.25, 0.3) is 0 Å². The van der Waals surface area contributed by atoms with Gasteiger partial charge in [0.1, 0.15) is 17.7 Å². The second-order valence-corrected chi connectivity index (χ2v) is 12.1. The van der Waals surface area contributed by atoms with E-state index in [1.165, 1.54) is 0 Å². The normalized spacial score (nSPS) is 43.4. The molecule has 172 valence electrons. The number of ether oxygens (including phenoxy) is 1.